The van der Waals surface area contributed by atoms with E-state index in [4.69, 9.17) is 21.4 Å². The van der Waals surface area contributed by atoms with Gasteiger partial charge in [-0.1, -0.05) is 11.6 Å². The van der Waals surface area contributed by atoms with Crippen molar-refractivity contribution in [3.8, 4) is 5.75 Å². The fraction of sp³-hybridized carbons (Fsp3) is 0.0714. The van der Waals surface area contributed by atoms with Crippen LogP contribution < -0.4 is 9.46 Å². The Bertz CT molecular complexity index is 802. The van der Waals surface area contributed by atoms with Gasteiger partial charge < -0.3 is 9.84 Å². The van der Waals surface area contributed by atoms with Crippen LogP contribution in [0.1, 0.15) is 10.4 Å². The minimum absolute atomic E-state index is 0.00152. The summed E-state index contributed by atoms with van der Waals surface area (Å²) < 4.78 is 31.9. The number of halogens is 1. The van der Waals surface area contributed by atoms with E-state index in [1.165, 1.54) is 43.5 Å². The van der Waals surface area contributed by atoms with E-state index in [0.717, 1.165) is 0 Å². The van der Waals surface area contributed by atoms with Crippen molar-refractivity contribution in [2.45, 2.75) is 4.90 Å². The summed E-state index contributed by atoms with van der Waals surface area (Å²) in [6.45, 7) is 0. The quantitative estimate of drug-likeness (QED) is 0.872. The molecule has 0 heterocycles. The summed E-state index contributed by atoms with van der Waals surface area (Å²) in [6, 6.07) is 9.40. The Morgan fingerprint density at radius 2 is 1.82 bits per heavy atom. The molecule has 0 aliphatic heterocycles. The average molecular weight is 342 g/mol. The number of rotatable bonds is 5. The molecule has 116 valence electrons. The molecule has 0 unspecified atom stereocenters. The zero-order valence-electron chi connectivity index (χ0n) is 11.4. The molecule has 0 radical (unpaired) electrons. The number of hydrogen-bond donors (Lipinski definition) is 2. The van der Waals surface area contributed by atoms with Crippen molar-refractivity contribution in [2.24, 2.45) is 0 Å². The molecule has 22 heavy (non-hydrogen) atoms. The molecular formula is C14H12ClNO5S. The standard InChI is InChI=1S/C14H12ClNO5S/c1-21-10-4-7-12(15)13(8-10)16-22(19,20)11-5-2-9(3-6-11)14(17)18/h2-8,16H,1H3,(H,17,18). The van der Waals surface area contributed by atoms with Gasteiger partial charge in [-0.3, -0.25) is 4.72 Å². The summed E-state index contributed by atoms with van der Waals surface area (Å²) in [7, 11) is -2.44. The second-order valence-electron chi connectivity index (χ2n) is 4.28. The summed E-state index contributed by atoms with van der Waals surface area (Å²) in [5, 5.41) is 9.03. The molecule has 0 aromatic heterocycles. The zero-order chi connectivity index (χ0) is 16.3. The van der Waals surface area contributed by atoms with Crippen LogP contribution in [-0.4, -0.2) is 26.6 Å². The maximum Gasteiger partial charge on any atom is 0.335 e. The lowest BCUT2D eigenvalue weighted by molar-refractivity contribution is 0.0696. The smallest absolute Gasteiger partial charge is 0.335 e. The number of nitrogens with one attached hydrogen (secondary N) is 1. The number of carbonyl (C=O) groups is 1. The number of anilines is 1. The molecule has 2 rings (SSSR count). The largest absolute Gasteiger partial charge is 0.497 e. The second-order valence-corrected chi connectivity index (χ2v) is 6.37. The first kappa shape index (κ1) is 16.1. The Morgan fingerprint density at radius 3 is 2.36 bits per heavy atom. The van der Waals surface area contributed by atoms with E-state index in [1.807, 2.05) is 0 Å². The molecule has 2 N–H and O–H groups in total. The molecule has 0 aliphatic carbocycles. The van der Waals surface area contributed by atoms with Crippen LogP contribution in [0.4, 0.5) is 5.69 Å². The molecule has 0 amide bonds. The van der Waals surface area contributed by atoms with Crippen molar-refractivity contribution in [2.75, 3.05) is 11.8 Å². The number of carboxylic acid groups (broad SMARTS) is 1. The predicted octanol–water partition coefficient (Wildman–Crippen LogP) is 2.85. The van der Waals surface area contributed by atoms with Gasteiger partial charge in [0.2, 0.25) is 0 Å². The minimum Gasteiger partial charge on any atom is -0.497 e. The first-order valence-electron chi connectivity index (χ1n) is 6.03. The monoisotopic (exact) mass is 341 g/mol. The topological polar surface area (TPSA) is 92.7 Å². The highest BCUT2D eigenvalue weighted by Crippen LogP contribution is 2.28. The fourth-order valence-corrected chi connectivity index (χ4v) is 2.98. The predicted molar refractivity (Wildman–Crippen MR) is 82.2 cm³/mol. The third kappa shape index (κ3) is 3.49. The van der Waals surface area contributed by atoms with Gasteiger partial charge in [0.25, 0.3) is 10.0 Å². The Hall–Kier alpha value is -2.25. The molecule has 0 spiro atoms. The molecule has 0 saturated heterocycles. The molecule has 0 saturated carbocycles. The van der Waals surface area contributed by atoms with Crippen LogP contribution in [0.2, 0.25) is 5.02 Å². The van der Waals surface area contributed by atoms with Crippen LogP contribution in [0.3, 0.4) is 0 Å². The van der Waals surface area contributed by atoms with Crippen LogP contribution in [0.25, 0.3) is 0 Å². The number of aromatic carboxylic acids is 1. The van der Waals surface area contributed by atoms with Crippen molar-refractivity contribution in [3.63, 3.8) is 0 Å². The van der Waals surface area contributed by atoms with Gasteiger partial charge >= 0.3 is 5.97 Å². The number of benzene rings is 2. The highest BCUT2D eigenvalue weighted by Gasteiger charge is 2.17. The lowest BCUT2D eigenvalue weighted by Gasteiger charge is -2.11. The van der Waals surface area contributed by atoms with Gasteiger partial charge in [0.05, 0.1) is 28.3 Å². The van der Waals surface area contributed by atoms with Gasteiger partial charge in [-0.05, 0) is 36.4 Å². The first-order valence-corrected chi connectivity index (χ1v) is 7.89. The zero-order valence-corrected chi connectivity index (χ0v) is 13.0. The van der Waals surface area contributed by atoms with Gasteiger partial charge in [-0.25, -0.2) is 13.2 Å². The number of sulfonamides is 1. The van der Waals surface area contributed by atoms with Gasteiger partial charge in [-0.15, -0.1) is 0 Å². The maximum atomic E-state index is 12.3. The normalized spacial score (nSPS) is 11.0. The van der Waals surface area contributed by atoms with E-state index in [2.05, 4.69) is 4.72 Å². The Balaban J connectivity index is 2.33. The van der Waals surface area contributed by atoms with Gasteiger partial charge in [-0.2, -0.15) is 0 Å². The molecule has 6 nitrogen and oxygen atoms in total. The first-order chi connectivity index (χ1) is 10.3. The van der Waals surface area contributed by atoms with Crippen LogP contribution in [0.5, 0.6) is 5.75 Å². The van der Waals surface area contributed by atoms with Crippen LogP contribution in [-0.2, 0) is 10.0 Å². The molecular weight excluding hydrogens is 330 g/mol. The molecule has 2 aromatic carbocycles. The summed E-state index contributed by atoms with van der Waals surface area (Å²) in [5.74, 6) is -0.684. The van der Waals surface area contributed by atoms with Crippen molar-refractivity contribution < 1.29 is 23.1 Å². The van der Waals surface area contributed by atoms with Crippen molar-refractivity contribution in [3.05, 3.63) is 53.1 Å². The van der Waals surface area contributed by atoms with E-state index in [1.54, 1.807) is 6.07 Å². The highest BCUT2D eigenvalue weighted by atomic mass is 35.5. The van der Waals surface area contributed by atoms with E-state index < -0.39 is 16.0 Å². The summed E-state index contributed by atoms with van der Waals surface area (Å²) in [5.41, 5.74) is 0.168. The van der Waals surface area contributed by atoms with Crippen molar-refractivity contribution in [1.29, 1.82) is 0 Å². The fourth-order valence-electron chi connectivity index (χ4n) is 1.69. The summed E-state index contributed by atoms with van der Waals surface area (Å²) >= 11 is 5.95. The van der Waals surface area contributed by atoms with Crippen LogP contribution >= 0.6 is 11.6 Å². The number of ether oxygens (including phenoxy) is 1. The Kier molecular flexibility index (Phi) is 4.58. The molecule has 8 heteroatoms. The van der Waals surface area contributed by atoms with E-state index in [9.17, 15) is 13.2 Å². The summed E-state index contributed by atoms with van der Waals surface area (Å²) in [4.78, 5) is 10.7. The number of hydrogen-bond acceptors (Lipinski definition) is 4. The van der Waals surface area contributed by atoms with Crippen LogP contribution in [0, 0.1) is 0 Å². The third-order valence-electron chi connectivity index (χ3n) is 2.83. The maximum absolute atomic E-state index is 12.3. The minimum atomic E-state index is -3.89. The van der Waals surface area contributed by atoms with Gasteiger partial charge in [0.1, 0.15) is 5.75 Å². The summed E-state index contributed by atoms with van der Waals surface area (Å²) in [6.07, 6.45) is 0. The van der Waals surface area contributed by atoms with E-state index >= 15 is 0 Å². The van der Waals surface area contributed by atoms with Gasteiger partial charge in [0, 0.05) is 6.07 Å². The Morgan fingerprint density at radius 1 is 1.18 bits per heavy atom. The average Bonchev–Trinajstić information content (AvgIpc) is 2.49. The Labute approximate surface area is 132 Å². The second kappa shape index (κ2) is 6.25. The van der Waals surface area contributed by atoms with Gasteiger partial charge in [0.15, 0.2) is 0 Å². The van der Waals surface area contributed by atoms with Crippen LogP contribution in [0.15, 0.2) is 47.4 Å². The number of methoxy groups -OCH3 is 1. The van der Waals surface area contributed by atoms with Crippen molar-refractivity contribution >= 4 is 33.3 Å². The lowest BCUT2D eigenvalue weighted by Crippen LogP contribution is -2.13. The lowest BCUT2D eigenvalue weighted by atomic mass is 10.2. The highest BCUT2D eigenvalue weighted by molar-refractivity contribution is 7.92. The van der Waals surface area contributed by atoms with Crippen molar-refractivity contribution in [1.82, 2.24) is 0 Å². The molecule has 2 aromatic rings. The third-order valence-corrected chi connectivity index (χ3v) is 4.54. The molecule has 0 fully saturated rings. The van der Waals surface area contributed by atoms with E-state index in [-0.39, 0.29) is 21.2 Å². The number of carboxylic acids is 1. The van der Waals surface area contributed by atoms with E-state index in [0.29, 0.717) is 5.75 Å². The molecule has 0 aliphatic rings. The molecule has 0 atom stereocenters. The SMILES string of the molecule is COc1ccc(Cl)c(NS(=O)(=O)c2ccc(C(=O)O)cc2)c1. The molecule has 0 bridgehead atoms.